The molecule has 16 heavy (non-hydrogen) atoms. The maximum Gasteiger partial charge on any atom is 0.247 e. The molecule has 3 rings (SSSR count). The fourth-order valence-corrected chi connectivity index (χ4v) is 1.96. The van der Waals surface area contributed by atoms with Crippen molar-refractivity contribution in [1.82, 2.24) is 4.98 Å². The lowest BCUT2D eigenvalue weighted by Gasteiger charge is -2.03. The highest BCUT2D eigenvalue weighted by Gasteiger charge is 2.16. The normalized spacial score (nSPS) is 18.8. The van der Waals surface area contributed by atoms with E-state index in [1.807, 2.05) is 18.2 Å². The number of hydrogen-bond donors (Lipinski definition) is 0. The van der Waals surface area contributed by atoms with Crippen molar-refractivity contribution in [3.8, 4) is 0 Å². The standard InChI is InChI=1S/C10H9N3O2S/c1-2-7(9-11-4-5-14-9)12-8(3-1)10-13-16-6-15-10/h1-3H,4-6H2. The summed E-state index contributed by atoms with van der Waals surface area (Å²) >= 11 is 1.38. The third kappa shape index (κ3) is 1.76. The third-order valence-electron chi connectivity index (χ3n) is 2.17. The molecule has 0 saturated heterocycles. The van der Waals surface area contributed by atoms with Crippen LogP contribution in [0.2, 0.25) is 0 Å². The number of ether oxygens (including phenoxy) is 2. The van der Waals surface area contributed by atoms with E-state index in [0.29, 0.717) is 30.9 Å². The van der Waals surface area contributed by atoms with Crippen LogP contribution in [0.3, 0.4) is 0 Å². The molecule has 2 aliphatic heterocycles. The minimum atomic E-state index is 0.554. The van der Waals surface area contributed by atoms with Gasteiger partial charge in [0.2, 0.25) is 11.8 Å². The lowest BCUT2D eigenvalue weighted by Crippen LogP contribution is -2.09. The number of nitrogens with zero attached hydrogens (tertiary/aromatic N) is 3. The van der Waals surface area contributed by atoms with Gasteiger partial charge in [-0.1, -0.05) is 6.07 Å². The van der Waals surface area contributed by atoms with Crippen molar-refractivity contribution in [2.45, 2.75) is 0 Å². The first kappa shape index (κ1) is 9.65. The van der Waals surface area contributed by atoms with E-state index in [2.05, 4.69) is 14.4 Å². The lowest BCUT2D eigenvalue weighted by molar-refractivity contribution is 0.347. The van der Waals surface area contributed by atoms with Crippen LogP contribution in [0.4, 0.5) is 0 Å². The molecule has 0 aliphatic carbocycles. The summed E-state index contributed by atoms with van der Waals surface area (Å²) in [6, 6.07) is 5.64. The lowest BCUT2D eigenvalue weighted by atomic mass is 10.3. The van der Waals surface area contributed by atoms with Crippen molar-refractivity contribution < 1.29 is 9.47 Å². The fraction of sp³-hybridized carbons (Fsp3) is 0.300. The molecule has 0 atom stereocenters. The van der Waals surface area contributed by atoms with Crippen LogP contribution in [-0.2, 0) is 9.47 Å². The predicted octanol–water partition coefficient (Wildman–Crippen LogP) is 1.24. The molecular weight excluding hydrogens is 226 g/mol. The summed E-state index contributed by atoms with van der Waals surface area (Å²) in [6.07, 6.45) is 0. The monoisotopic (exact) mass is 235 g/mol. The van der Waals surface area contributed by atoms with Gasteiger partial charge in [0.05, 0.1) is 6.54 Å². The third-order valence-corrected chi connectivity index (χ3v) is 2.69. The van der Waals surface area contributed by atoms with E-state index in [9.17, 15) is 0 Å². The second-order valence-electron chi connectivity index (χ2n) is 3.23. The maximum absolute atomic E-state index is 5.36. The van der Waals surface area contributed by atoms with Crippen molar-refractivity contribution in [3.05, 3.63) is 29.6 Å². The van der Waals surface area contributed by atoms with E-state index in [0.717, 1.165) is 11.4 Å². The molecule has 0 N–H and O–H groups in total. The van der Waals surface area contributed by atoms with Gasteiger partial charge in [-0.25, -0.2) is 9.98 Å². The second kappa shape index (κ2) is 4.13. The summed E-state index contributed by atoms with van der Waals surface area (Å²) in [5, 5.41) is 0. The van der Waals surface area contributed by atoms with Crippen molar-refractivity contribution in [2.75, 3.05) is 19.1 Å². The molecule has 5 nitrogen and oxygen atoms in total. The number of aliphatic imine (C=N–C) groups is 1. The van der Waals surface area contributed by atoms with Gasteiger partial charge >= 0.3 is 0 Å². The van der Waals surface area contributed by atoms with Gasteiger partial charge in [-0.15, -0.1) is 0 Å². The molecular formula is C10H9N3O2S. The molecule has 82 valence electrons. The Kier molecular flexibility index (Phi) is 2.49. The van der Waals surface area contributed by atoms with Crippen molar-refractivity contribution in [1.29, 1.82) is 0 Å². The Bertz CT molecular complexity index is 434. The molecule has 2 aliphatic rings. The summed E-state index contributed by atoms with van der Waals surface area (Å²) in [6.45, 7) is 1.34. The van der Waals surface area contributed by atoms with Gasteiger partial charge in [-0.3, -0.25) is 0 Å². The van der Waals surface area contributed by atoms with Crippen molar-refractivity contribution in [2.24, 2.45) is 9.39 Å². The SMILES string of the molecule is c1cc(C2=NCCO2)nc(C2=NSCO2)c1. The van der Waals surface area contributed by atoms with Crippen LogP contribution in [0.1, 0.15) is 11.4 Å². The molecule has 0 unspecified atom stereocenters. The second-order valence-corrected chi connectivity index (χ2v) is 3.91. The Morgan fingerprint density at radius 3 is 2.69 bits per heavy atom. The highest BCUT2D eigenvalue weighted by molar-refractivity contribution is 7.98. The van der Waals surface area contributed by atoms with Crippen LogP contribution in [-0.4, -0.2) is 35.9 Å². The molecule has 0 radical (unpaired) electrons. The van der Waals surface area contributed by atoms with Gasteiger partial charge < -0.3 is 9.47 Å². The van der Waals surface area contributed by atoms with Crippen molar-refractivity contribution in [3.63, 3.8) is 0 Å². The topological polar surface area (TPSA) is 56.1 Å². The molecule has 0 aromatic carbocycles. The van der Waals surface area contributed by atoms with Crippen LogP contribution < -0.4 is 0 Å². The molecule has 1 aromatic rings. The van der Waals surface area contributed by atoms with Gasteiger partial charge in [0, 0.05) is 11.9 Å². The Morgan fingerprint density at radius 1 is 1.12 bits per heavy atom. The van der Waals surface area contributed by atoms with E-state index in [1.54, 1.807) is 0 Å². The van der Waals surface area contributed by atoms with E-state index in [-0.39, 0.29) is 0 Å². The summed E-state index contributed by atoms with van der Waals surface area (Å²) in [4.78, 5) is 8.63. The molecule has 0 fully saturated rings. The Hall–Kier alpha value is -1.56. The van der Waals surface area contributed by atoms with Gasteiger partial charge in [-0.2, -0.15) is 4.40 Å². The van der Waals surface area contributed by atoms with Crippen LogP contribution in [0.5, 0.6) is 0 Å². The van der Waals surface area contributed by atoms with Crippen LogP contribution in [0.15, 0.2) is 27.6 Å². The highest BCUT2D eigenvalue weighted by Crippen LogP contribution is 2.17. The molecule has 3 heterocycles. The fourth-order valence-electron chi connectivity index (χ4n) is 1.48. The number of hydrogen-bond acceptors (Lipinski definition) is 6. The number of pyridine rings is 1. The summed E-state index contributed by atoms with van der Waals surface area (Å²) in [5.41, 5.74) is 1.46. The zero-order valence-electron chi connectivity index (χ0n) is 8.42. The van der Waals surface area contributed by atoms with Gasteiger partial charge in [0.1, 0.15) is 18.0 Å². The quantitative estimate of drug-likeness (QED) is 0.724. The largest absolute Gasteiger partial charge is 0.474 e. The minimum absolute atomic E-state index is 0.554. The van der Waals surface area contributed by atoms with E-state index in [4.69, 9.17) is 9.47 Å². The van der Waals surface area contributed by atoms with E-state index >= 15 is 0 Å². The van der Waals surface area contributed by atoms with Crippen molar-refractivity contribution >= 4 is 23.7 Å². The van der Waals surface area contributed by atoms with Crippen LogP contribution in [0, 0.1) is 0 Å². The Labute approximate surface area is 96.7 Å². The Morgan fingerprint density at radius 2 is 2.00 bits per heavy atom. The first-order valence-electron chi connectivity index (χ1n) is 4.91. The molecule has 0 saturated carbocycles. The van der Waals surface area contributed by atoms with E-state index in [1.165, 1.54) is 11.9 Å². The average molecular weight is 235 g/mol. The Balaban J connectivity index is 1.93. The minimum Gasteiger partial charge on any atom is -0.474 e. The van der Waals surface area contributed by atoms with Gasteiger partial charge in [0.25, 0.3) is 0 Å². The zero-order valence-corrected chi connectivity index (χ0v) is 9.24. The molecule has 1 aromatic heterocycles. The zero-order chi connectivity index (χ0) is 10.8. The summed E-state index contributed by atoms with van der Waals surface area (Å²) in [7, 11) is 0. The first-order valence-corrected chi connectivity index (χ1v) is 5.85. The average Bonchev–Trinajstić information content (AvgIpc) is 3.03. The summed E-state index contributed by atoms with van der Waals surface area (Å²) < 4.78 is 14.8. The molecule has 0 spiro atoms. The predicted molar refractivity (Wildman–Crippen MR) is 61.7 cm³/mol. The molecule has 6 heteroatoms. The van der Waals surface area contributed by atoms with Gasteiger partial charge in [0.15, 0.2) is 5.94 Å². The van der Waals surface area contributed by atoms with E-state index < -0.39 is 0 Å². The number of rotatable bonds is 2. The number of aromatic nitrogens is 1. The molecule has 0 bridgehead atoms. The highest BCUT2D eigenvalue weighted by atomic mass is 32.2. The molecule has 0 amide bonds. The van der Waals surface area contributed by atoms with Crippen LogP contribution in [0.25, 0.3) is 0 Å². The smallest absolute Gasteiger partial charge is 0.247 e. The summed E-state index contributed by atoms with van der Waals surface area (Å²) in [5.74, 6) is 1.73. The van der Waals surface area contributed by atoms with Crippen LogP contribution >= 0.6 is 11.9 Å². The maximum atomic E-state index is 5.36. The van der Waals surface area contributed by atoms with Gasteiger partial charge in [-0.05, 0) is 12.1 Å². The first-order chi connectivity index (χ1) is 7.93.